The number of hydrogen-bond donors (Lipinski definition) is 2. The molecule has 1 aliphatic heterocycles. The van der Waals surface area contributed by atoms with Crippen LogP contribution in [-0.2, 0) is 0 Å². The van der Waals surface area contributed by atoms with Crippen molar-refractivity contribution in [1.29, 1.82) is 0 Å². The molecule has 2 N–H and O–H groups in total. The molecule has 3 unspecified atom stereocenters. The number of aliphatic hydroxyl groups is 1. The molecule has 3 atom stereocenters. The summed E-state index contributed by atoms with van der Waals surface area (Å²) in [5.41, 5.74) is 0. The second-order valence-electron chi connectivity index (χ2n) is 2.90. The second kappa shape index (κ2) is 1.45. The molecule has 0 radical (unpaired) electrons. The van der Waals surface area contributed by atoms with E-state index in [1.807, 2.05) is 0 Å². The van der Waals surface area contributed by atoms with Gasteiger partial charge < -0.3 is 10.4 Å². The van der Waals surface area contributed by atoms with Crippen molar-refractivity contribution in [2.75, 3.05) is 6.54 Å². The summed E-state index contributed by atoms with van der Waals surface area (Å²) in [5.74, 6) is 0.818. The van der Waals surface area contributed by atoms with Crippen LogP contribution in [0.4, 0.5) is 0 Å². The Morgan fingerprint density at radius 3 is 2.88 bits per heavy atom. The van der Waals surface area contributed by atoms with Crippen LogP contribution in [0, 0.1) is 5.92 Å². The number of β-amino-alcohol motifs (C(OH)–C–C–N with tert-alkyl or cyclic N) is 1. The Morgan fingerprint density at radius 2 is 2.25 bits per heavy atom. The number of rotatable bonds is 0. The van der Waals surface area contributed by atoms with E-state index < -0.39 is 0 Å². The molecule has 1 aliphatic carbocycles. The largest absolute Gasteiger partial charge is 0.392 e. The maximum absolute atomic E-state index is 9.04. The number of hydrogen-bond acceptors (Lipinski definition) is 2. The fourth-order valence-corrected chi connectivity index (χ4v) is 1.48. The second-order valence-corrected chi connectivity index (χ2v) is 2.90. The molecule has 0 amide bonds. The lowest BCUT2D eigenvalue weighted by molar-refractivity contribution is 0.138. The number of nitrogens with one attached hydrogen (secondary N) is 1. The fraction of sp³-hybridized carbons (Fsp3) is 1.00. The molecule has 0 aromatic rings. The van der Waals surface area contributed by atoms with Gasteiger partial charge >= 0.3 is 0 Å². The lowest BCUT2D eigenvalue weighted by Gasteiger charge is -2.16. The van der Waals surface area contributed by atoms with Crippen molar-refractivity contribution in [3.8, 4) is 0 Å². The third-order valence-corrected chi connectivity index (χ3v) is 2.11. The van der Waals surface area contributed by atoms with Crippen molar-refractivity contribution in [3.05, 3.63) is 0 Å². The minimum absolute atomic E-state index is 0.0567. The number of piperidine rings is 1. The number of fused-ring (bicyclic) bond motifs is 1. The van der Waals surface area contributed by atoms with E-state index in [9.17, 15) is 0 Å². The van der Waals surface area contributed by atoms with Gasteiger partial charge in [-0.15, -0.1) is 0 Å². The van der Waals surface area contributed by atoms with Crippen LogP contribution in [0.3, 0.4) is 0 Å². The predicted octanol–water partition coefficient (Wildman–Crippen LogP) is -0.271. The first-order valence-electron chi connectivity index (χ1n) is 3.28. The van der Waals surface area contributed by atoms with Gasteiger partial charge in [0, 0.05) is 12.6 Å². The molecule has 2 fully saturated rings. The van der Waals surface area contributed by atoms with E-state index in [0.717, 1.165) is 24.9 Å². The van der Waals surface area contributed by atoms with Crippen molar-refractivity contribution in [3.63, 3.8) is 0 Å². The van der Waals surface area contributed by atoms with E-state index in [1.54, 1.807) is 0 Å². The molecule has 8 heavy (non-hydrogen) atoms. The highest BCUT2D eigenvalue weighted by Crippen LogP contribution is 2.37. The highest BCUT2D eigenvalue weighted by atomic mass is 16.3. The zero-order valence-corrected chi connectivity index (χ0v) is 4.80. The van der Waals surface area contributed by atoms with Crippen molar-refractivity contribution >= 4 is 0 Å². The average Bonchev–Trinajstić information content (AvgIpc) is 2.43. The molecule has 1 saturated carbocycles. The van der Waals surface area contributed by atoms with E-state index in [0.29, 0.717) is 0 Å². The first-order chi connectivity index (χ1) is 3.86. The molecule has 0 aromatic carbocycles. The Bertz CT molecular complexity index is 105. The first-order valence-corrected chi connectivity index (χ1v) is 3.28. The summed E-state index contributed by atoms with van der Waals surface area (Å²) in [6, 6.07) is 0.776. The monoisotopic (exact) mass is 113 g/mol. The topological polar surface area (TPSA) is 32.3 Å². The highest BCUT2D eigenvalue weighted by Gasteiger charge is 2.41. The standard InChI is InChI=1S/C6H11NO/c8-5-1-4-2-6(4)7-3-5/h4-8H,1-3H2. The van der Waals surface area contributed by atoms with Crippen LogP contribution in [0.25, 0.3) is 0 Å². The number of aliphatic hydroxyl groups excluding tert-OH is 1. The summed E-state index contributed by atoms with van der Waals surface area (Å²) >= 11 is 0. The van der Waals surface area contributed by atoms with E-state index in [-0.39, 0.29) is 6.10 Å². The summed E-state index contributed by atoms with van der Waals surface area (Å²) in [4.78, 5) is 0. The van der Waals surface area contributed by atoms with Gasteiger partial charge in [0.1, 0.15) is 0 Å². The molecular formula is C6H11NO. The molecule has 2 rings (SSSR count). The van der Waals surface area contributed by atoms with Gasteiger partial charge in [-0.25, -0.2) is 0 Å². The lowest BCUT2D eigenvalue weighted by Crippen LogP contribution is -2.34. The summed E-state index contributed by atoms with van der Waals surface area (Å²) in [6.07, 6.45) is 2.29. The maximum Gasteiger partial charge on any atom is 0.0667 e. The van der Waals surface area contributed by atoms with Gasteiger partial charge in [0.05, 0.1) is 6.10 Å². The molecule has 46 valence electrons. The van der Waals surface area contributed by atoms with Crippen LogP contribution in [0.5, 0.6) is 0 Å². The van der Waals surface area contributed by atoms with Gasteiger partial charge in [-0.05, 0) is 18.8 Å². The lowest BCUT2D eigenvalue weighted by atomic mass is 10.1. The zero-order chi connectivity index (χ0) is 5.56. The van der Waals surface area contributed by atoms with Gasteiger partial charge in [-0.2, -0.15) is 0 Å². The molecule has 0 bridgehead atoms. The Balaban J connectivity index is 1.93. The Morgan fingerprint density at radius 1 is 1.38 bits per heavy atom. The molecular weight excluding hydrogens is 102 g/mol. The quantitative estimate of drug-likeness (QED) is 0.453. The minimum Gasteiger partial charge on any atom is -0.392 e. The van der Waals surface area contributed by atoms with E-state index in [2.05, 4.69) is 5.32 Å². The Kier molecular flexibility index (Phi) is 0.866. The molecule has 2 aliphatic rings. The third kappa shape index (κ3) is 0.644. The Hall–Kier alpha value is -0.0800. The van der Waals surface area contributed by atoms with Gasteiger partial charge in [0.15, 0.2) is 0 Å². The molecule has 1 saturated heterocycles. The Labute approximate surface area is 48.9 Å². The molecule has 0 aromatic heterocycles. The normalized spacial score (nSPS) is 52.9. The van der Waals surface area contributed by atoms with Crippen molar-refractivity contribution in [2.45, 2.75) is 25.0 Å². The van der Waals surface area contributed by atoms with E-state index >= 15 is 0 Å². The minimum atomic E-state index is -0.0567. The third-order valence-electron chi connectivity index (χ3n) is 2.11. The van der Waals surface area contributed by atoms with Crippen LogP contribution in [0.1, 0.15) is 12.8 Å². The van der Waals surface area contributed by atoms with Crippen molar-refractivity contribution in [1.82, 2.24) is 5.32 Å². The average molecular weight is 113 g/mol. The molecule has 2 heteroatoms. The van der Waals surface area contributed by atoms with Crippen molar-refractivity contribution in [2.24, 2.45) is 5.92 Å². The van der Waals surface area contributed by atoms with Gasteiger partial charge in [-0.3, -0.25) is 0 Å². The van der Waals surface area contributed by atoms with E-state index in [4.69, 9.17) is 5.11 Å². The van der Waals surface area contributed by atoms with Gasteiger partial charge in [-0.1, -0.05) is 0 Å². The predicted molar refractivity (Wildman–Crippen MR) is 30.5 cm³/mol. The zero-order valence-electron chi connectivity index (χ0n) is 4.80. The smallest absolute Gasteiger partial charge is 0.0667 e. The van der Waals surface area contributed by atoms with Crippen LogP contribution in [0.2, 0.25) is 0 Å². The summed E-state index contributed by atoms with van der Waals surface area (Å²) in [5, 5.41) is 12.3. The van der Waals surface area contributed by atoms with Crippen LogP contribution in [-0.4, -0.2) is 23.8 Å². The van der Waals surface area contributed by atoms with Crippen LogP contribution >= 0.6 is 0 Å². The summed E-state index contributed by atoms with van der Waals surface area (Å²) < 4.78 is 0. The van der Waals surface area contributed by atoms with E-state index in [1.165, 1.54) is 6.42 Å². The van der Waals surface area contributed by atoms with Crippen LogP contribution < -0.4 is 5.32 Å². The first kappa shape index (κ1) is 4.77. The molecule has 0 spiro atoms. The van der Waals surface area contributed by atoms with Gasteiger partial charge in [0.25, 0.3) is 0 Å². The molecule has 2 nitrogen and oxygen atoms in total. The van der Waals surface area contributed by atoms with Gasteiger partial charge in [0.2, 0.25) is 0 Å². The fourth-order valence-electron chi connectivity index (χ4n) is 1.48. The van der Waals surface area contributed by atoms with Crippen molar-refractivity contribution < 1.29 is 5.11 Å². The summed E-state index contributed by atoms with van der Waals surface area (Å²) in [6.45, 7) is 0.821. The van der Waals surface area contributed by atoms with Crippen LogP contribution in [0.15, 0.2) is 0 Å². The summed E-state index contributed by atoms with van der Waals surface area (Å²) in [7, 11) is 0. The SMILES string of the molecule is OC1CNC2CC2C1. The highest BCUT2D eigenvalue weighted by molar-refractivity contribution is 4.98. The molecule has 1 heterocycles. The maximum atomic E-state index is 9.04.